The van der Waals surface area contributed by atoms with Gasteiger partial charge in [-0.25, -0.2) is 0 Å². The van der Waals surface area contributed by atoms with Gasteiger partial charge in [-0.15, -0.1) is 11.3 Å². The van der Waals surface area contributed by atoms with Crippen molar-refractivity contribution in [2.75, 3.05) is 6.54 Å². The highest BCUT2D eigenvalue weighted by Crippen LogP contribution is 2.20. The number of hydrogen-bond acceptors (Lipinski definition) is 3. The van der Waals surface area contributed by atoms with Crippen molar-refractivity contribution in [1.82, 2.24) is 5.32 Å². The van der Waals surface area contributed by atoms with Crippen LogP contribution in [0, 0.1) is 0 Å². The molecule has 0 aliphatic carbocycles. The minimum absolute atomic E-state index is 0.146. The van der Waals surface area contributed by atoms with E-state index in [1.807, 2.05) is 47.8 Å². The van der Waals surface area contributed by atoms with Crippen LogP contribution < -0.4 is 5.32 Å². The number of carbonyl (C=O) groups is 1. The average molecular weight is 287 g/mol. The van der Waals surface area contributed by atoms with Crippen LogP contribution in [0.15, 0.2) is 53.9 Å². The topological polar surface area (TPSA) is 49.3 Å². The SMILES string of the molecule is O=C(C=Cc1ccccc1)NCCC(O)c1cccs1. The second-order valence-corrected chi connectivity index (χ2v) is 5.33. The smallest absolute Gasteiger partial charge is 0.244 e. The number of carbonyl (C=O) groups excluding carboxylic acids is 1. The molecule has 0 saturated heterocycles. The number of amides is 1. The van der Waals surface area contributed by atoms with E-state index >= 15 is 0 Å². The van der Waals surface area contributed by atoms with Gasteiger partial charge in [0.25, 0.3) is 0 Å². The summed E-state index contributed by atoms with van der Waals surface area (Å²) < 4.78 is 0. The molecule has 2 N–H and O–H groups in total. The van der Waals surface area contributed by atoms with Gasteiger partial charge in [0.05, 0.1) is 6.10 Å². The summed E-state index contributed by atoms with van der Waals surface area (Å²) in [5.41, 5.74) is 0.987. The van der Waals surface area contributed by atoms with Crippen LogP contribution in [0.4, 0.5) is 0 Å². The first-order valence-electron chi connectivity index (χ1n) is 6.48. The lowest BCUT2D eigenvalue weighted by molar-refractivity contribution is -0.116. The third-order valence-electron chi connectivity index (χ3n) is 2.82. The maximum atomic E-state index is 11.6. The first-order valence-corrected chi connectivity index (χ1v) is 7.36. The first-order chi connectivity index (χ1) is 9.75. The van der Waals surface area contributed by atoms with E-state index in [4.69, 9.17) is 0 Å². The molecule has 4 heteroatoms. The van der Waals surface area contributed by atoms with E-state index in [-0.39, 0.29) is 5.91 Å². The van der Waals surface area contributed by atoms with E-state index in [9.17, 15) is 9.90 Å². The summed E-state index contributed by atoms with van der Waals surface area (Å²) in [6.07, 6.45) is 3.29. The molecule has 3 nitrogen and oxygen atoms in total. The molecule has 1 aromatic carbocycles. The highest BCUT2D eigenvalue weighted by atomic mass is 32.1. The van der Waals surface area contributed by atoms with Gasteiger partial charge in [0.1, 0.15) is 0 Å². The largest absolute Gasteiger partial charge is 0.388 e. The van der Waals surface area contributed by atoms with Gasteiger partial charge in [-0.1, -0.05) is 36.4 Å². The monoisotopic (exact) mass is 287 g/mol. The zero-order valence-corrected chi connectivity index (χ0v) is 11.8. The fraction of sp³-hybridized carbons (Fsp3) is 0.188. The summed E-state index contributed by atoms with van der Waals surface area (Å²) in [5, 5.41) is 14.6. The van der Waals surface area contributed by atoms with E-state index in [2.05, 4.69) is 5.32 Å². The lowest BCUT2D eigenvalue weighted by Gasteiger charge is -2.08. The summed E-state index contributed by atoms with van der Waals surface area (Å²) in [7, 11) is 0. The quantitative estimate of drug-likeness (QED) is 0.802. The summed E-state index contributed by atoms with van der Waals surface area (Å²) in [6.45, 7) is 0.455. The number of hydrogen-bond donors (Lipinski definition) is 2. The summed E-state index contributed by atoms with van der Waals surface area (Å²) in [6, 6.07) is 13.5. The molecule has 0 fully saturated rings. The fourth-order valence-electron chi connectivity index (χ4n) is 1.75. The Labute approximate surface area is 122 Å². The van der Waals surface area contributed by atoms with E-state index in [1.54, 1.807) is 6.08 Å². The number of benzene rings is 1. The Kier molecular flexibility index (Phi) is 5.53. The standard InChI is InChI=1S/C16H17NO2S/c18-14(15-7-4-12-20-15)10-11-17-16(19)9-8-13-5-2-1-3-6-13/h1-9,12,14,18H,10-11H2,(H,17,19). The zero-order chi connectivity index (χ0) is 14.2. The Morgan fingerprint density at radius 2 is 2.05 bits per heavy atom. The van der Waals surface area contributed by atoms with Gasteiger partial charge < -0.3 is 10.4 Å². The van der Waals surface area contributed by atoms with Crippen LogP contribution in [0.1, 0.15) is 23.0 Å². The molecule has 0 radical (unpaired) electrons. The van der Waals surface area contributed by atoms with Crippen LogP contribution in [0.2, 0.25) is 0 Å². The van der Waals surface area contributed by atoms with E-state index < -0.39 is 6.10 Å². The van der Waals surface area contributed by atoms with Crippen LogP contribution in [0.25, 0.3) is 6.08 Å². The summed E-state index contributed by atoms with van der Waals surface area (Å²) >= 11 is 1.52. The summed E-state index contributed by atoms with van der Waals surface area (Å²) in [4.78, 5) is 12.5. The van der Waals surface area contributed by atoms with Gasteiger partial charge in [-0.05, 0) is 29.5 Å². The number of aliphatic hydroxyl groups is 1. The van der Waals surface area contributed by atoms with E-state index in [1.165, 1.54) is 17.4 Å². The second kappa shape index (κ2) is 7.62. The highest BCUT2D eigenvalue weighted by Gasteiger charge is 2.08. The average Bonchev–Trinajstić information content (AvgIpc) is 3.00. The van der Waals surface area contributed by atoms with Crippen LogP contribution in [0.3, 0.4) is 0 Å². The maximum absolute atomic E-state index is 11.6. The van der Waals surface area contributed by atoms with Crippen molar-refractivity contribution in [2.45, 2.75) is 12.5 Å². The molecule has 0 bridgehead atoms. The zero-order valence-electron chi connectivity index (χ0n) is 11.0. The molecule has 1 unspecified atom stereocenters. The van der Waals surface area contributed by atoms with Crippen LogP contribution >= 0.6 is 11.3 Å². The molecular weight excluding hydrogens is 270 g/mol. The highest BCUT2D eigenvalue weighted by molar-refractivity contribution is 7.10. The molecule has 1 amide bonds. The molecular formula is C16H17NO2S. The lowest BCUT2D eigenvalue weighted by atomic mass is 10.2. The molecule has 2 aromatic rings. The predicted molar refractivity (Wildman–Crippen MR) is 82.4 cm³/mol. The Morgan fingerprint density at radius 1 is 1.25 bits per heavy atom. The van der Waals surface area contributed by atoms with Gasteiger partial charge in [-0.3, -0.25) is 4.79 Å². The molecule has 1 atom stereocenters. The van der Waals surface area contributed by atoms with Crippen molar-refractivity contribution in [2.24, 2.45) is 0 Å². The van der Waals surface area contributed by atoms with Crippen molar-refractivity contribution in [3.8, 4) is 0 Å². The number of nitrogens with one attached hydrogen (secondary N) is 1. The molecule has 0 saturated carbocycles. The first kappa shape index (κ1) is 14.5. The second-order valence-electron chi connectivity index (χ2n) is 4.35. The third kappa shape index (κ3) is 4.64. The molecule has 0 aliphatic rings. The minimum Gasteiger partial charge on any atom is -0.388 e. The minimum atomic E-state index is -0.506. The molecule has 0 spiro atoms. The molecule has 20 heavy (non-hydrogen) atoms. The summed E-state index contributed by atoms with van der Waals surface area (Å²) in [5.74, 6) is -0.146. The van der Waals surface area contributed by atoms with Crippen LogP contribution in [-0.2, 0) is 4.79 Å². The number of rotatable bonds is 6. The molecule has 2 rings (SSSR count). The normalized spacial score (nSPS) is 12.4. The number of thiophene rings is 1. The van der Waals surface area contributed by atoms with Crippen LogP contribution in [-0.4, -0.2) is 17.6 Å². The van der Waals surface area contributed by atoms with Gasteiger partial charge in [0.2, 0.25) is 5.91 Å². The Balaban J connectivity index is 1.72. The van der Waals surface area contributed by atoms with E-state index in [0.717, 1.165) is 10.4 Å². The van der Waals surface area contributed by atoms with Crippen molar-refractivity contribution in [3.05, 3.63) is 64.4 Å². The van der Waals surface area contributed by atoms with Gasteiger partial charge in [-0.2, -0.15) is 0 Å². The van der Waals surface area contributed by atoms with E-state index in [0.29, 0.717) is 13.0 Å². The van der Waals surface area contributed by atoms with Crippen LogP contribution in [0.5, 0.6) is 0 Å². The molecule has 0 aliphatic heterocycles. The van der Waals surface area contributed by atoms with Crippen molar-refractivity contribution < 1.29 is 9.90 Å². The molecule has 104 valence electrons. The Bertz CT molecular complexity index is 549. The lowest BCUT2D eigenvalue weighted by Crippen LogP contribution is -2.23. The maximum Gasteiger partial charge on any atom is 0.244 e. The van der Waals surface area contributed by atoms with Gasteiger partial charge >= 0.3 is 0 Å². The van der Waals surface area contributed by atoms with Gasteiger partial charge in [0, 0.05) is 17.5 Å². The Hall–Kier alpha value is -1.91. The molecule has 1 aromatic heterocycles. The molecule has 1 heterocycles. The van der Waals surface area contributed by atoms with Gasteiger partial charge in [0.15, 0.2) is 0 Å². The van der Waals surface area contributed by atoms with Crippen molar-refractivity contribution in [1.29, 1.82) is 0 Å². The third-order valence-corrected chi connectivity index (χ3v) is 3.79. The Morgan fingerprint density at radius 3 is 2.75 bits per heavy atom. The number of aliphatic hydroxyl groups excluding tert-OH is 1. The van der Waals surface area contributed by atoms with Crippen molar-refractivity contribution in [3.63, 3.8) is 0 Å². The van der Waals surface area contributed by atoms with Crippen molar-refractivity contribution >= 4 is 23.3 Å². The fourth-order valence-corrected chi connectivity index (χ4v) is 2.50. The predicted octanol–water partition coefficient (Wildman–Crippen LogP) is 3.00.